The summed E-state index contributed by atoms with van der Waals surface area (Å²) in [6.07, 6.45) is 0.617. The minimum absolute atomic E-state index is 0.118. The lowest BCUT2D eigenvalue weighted by molar-refractivity contribution is -0.113. The van der Waals surface area contributed by atoms with Gasteiger partial charge >= 0.3 is 0 Å². The Balaban J connectivity index is 1.27. The monoisotopic (exact) mass is 511 g/mol. The van der Waals surface area contributed by atoms with Crippen LogP contribution < -0.4 is 5.32 Å². The molecule has 37 heavy (non-hydrogen) atoms. The Bertz CT molecular complexity index is 1760. The van der Waals surface area contributed by atoms with Crippen LogP contribution in [0.3, 0.4) is 0 Å². The number of aromatic nitrogens is 6. The lowest BCUT2D eigenvalue weighted by atomic mass is 10.2. The van der Waals surface area contributed by atoms with Gasteiger partial charge in [-0.1, -0.05) is 36.0 Å². The second-order valence-electron chi connectivity index (χ2n) is 8.57. The SMILES string of the molecule is Cc1nc2ccccc2n1CCc1nc2c3ccccc3nc(SCC(=O)Nc3ccc(F)cc3)n2n1. The standard InChI is InChI=1S/C27H22FN7OS/c1-17-29-22-8-4-5-9-23(22)34(17)15-14-24-32-26-20-6-2-3-7-21(20)31-27(35(26)33-24)37-16-25(36)30-19-12-10-18(28)11-13-19/h2-13H,14-16H2,1H3,(H,30,36). The molecule has 10 heteroatoms. The number of nitrogens with one attached hydrogen (secondary N) is 1. The van der Waals surface area contributed by atoms with E-state index < -0.39 is 0 Å². The zero-order valence-corrected chi connectivity index (χ0v) is 20.7. The highest BCUT2D eigenvalue weighted by Gasteiger charge is 2.16. The van der Waals surface area contributed by atoms with E-state index in [-0.39, 0.29) is 17.5 Å². The Kier molecular flexibility index (Phi) is 6.01. The first kappa shape index (κ1) is 23.1. The van der Waals surface area contributed by atoms with Crippen molar-refractivity contribution in [1.82, 2.24) is 29.1 Å². The highest BCUT2D eigenvalue weighted by atomic mass is 32.2. The lowest BCUT2D eigenvalue weighted by Gasteiger charge is -2.07. The minimum Gasteiger partial charge on any atom is -0.328 e. The summed E-state index contributed by atoms with van der Waals surface area (Å²) in [5.41, 5.74) is 4.07. The molecule has 0 aliphatic heterocycles. The van der Waals surface area contributed by atoms with Crippen LogP contribution in [0.4, 0.5) is 10.1 Å². The fourth-order valence-electron chi connectivity index (χ4n) is 4.32. The molecule has 6 rings (SSSR count). The van der Waals surface area contributed by atoms with Gasteiger partial charge < -0.3 is 9.88 Å². The molecular formula is C27H22FN7OS. The molecule has 8 nitrogen and oxygen atoms in total. The molecule has 1 N–H and O–H groups in total. The first-order valence-corrected chi connectivity index (χ1v) is 12.8. The molecule has 0 bridgehead atoms. The molecule has 3 aromatic heterocycles. The maximum Gasteiger partial charge on any atom is 0.234 e. The van der Waals surface area contributed by atoms with Crippen molar-refractivity contribution in [2.45, 2.75) is 25.0 Å². The van der Waals surface area contributed by atoms with E-state index in [1.807, 2.05) is 49.4 Å². The summed E-state index contributed by atoms with van der Waals surface area (Å²) in [4.78, 5) is 26.8. The molecule has 1 amide bonds. The number of rotatable bonds is 7. The maximum atomic E-state index is 13.1. The highest BCUT2D eigenvalue weighted by Crippen LogP contribution is 2.25. The van der Waals surface area contributed by atoms with Crippen LogP contribution in [0.2, 0.25) is 0 Å². The van der Waals surface area contributed by atoms with Crippen molar-refractivity contribution < 1.29 is 9.18 Å². The minimum atomic E-state index is -0.353. The van der Waals surface area contributed by atoms with Gasteiger partial charge in [0.2, 0.25) is 5.91 Å². The van der Waals surface area contributed by atoms with Gasteiger partial charge in [0.25, 0.3) is 0 Å². The van der Waals surface area contributed by atoms with Crippen LogP contribution in [0, 0.1) is 12.7 Å². The third-order valence-corrected chi connectivity index (χ3v) is 6.99. The van der Waals surface area contributed by atoms with Gasteiger partial charge in [-0.15, -0.1) is 5.10 Å². The second kappa shape index (κ2) is 9.62. The molecule has 0 unspecified atom stereocenters. The van der Waals surface area contributed by atoms with E-state index in [1.54, 1.807) is 4.52 Å². The number of imidazole rings is 1. The Morgan fingerprint density at radius 3 is 2.54 bits per heavy atom. The van der Waals surface area contributed by atoms with Crippen LogP contribution >= 0.6 is 11.8 Å². The van der Waals surface area contributed by atoms with Crippen LogP contribution in [-0.2, 0) is 17.8 Å². The summed E-state index contributed by atoms with van der Waals surface area (Å²) in [6.45, 7) is 2.69. The van der Waals surface area contributed by atoms with Gasteiger partial charge in [0.15, 0.2) is 16.6 Å². The molecule has 0 saturated heterocycles. The smallest absolute Gasteiger partial charge is 0.234 e. The van der Waals surface area contributed by atoms with E-state index in [4.69, 9.17) is 15.1 Å². The van der Waals surface area contributed by atoms with Crippen molar-refractivity contribution in [3.05, 3.63) is 90.3 Å². The van der Waals surface area contributed by atoms with E-state index in [2.05, 4.69) is 20.9 Å². The molecule has 3 heterocycles. The molecular weight excluding hydrogens is 489 g/mol. The Morgan fingerprint density at radius 2 is 1.70 bits per heavy atom. The fraction of sp³-hybridized carbons (Fsp3) is 0.148. The quantitative estimate of drug-likeness (QED) is 0.238. The van der Waals surface area contributed by atoms with Crippen LogP contribution in [0.5, 0.6) is 0 Å². The zero-order chi connectivity index (χ0) is 25.4. The van der Waals surface area contributed by atoms with Crippen molar-refractivity contribution in [2.75, 3.05) is 11.1 Å². The molecule has 0 spiro atoms. The van der Waals surface area contributed by atoms with E-state index in [0.29, 0.717) is 35.3 Å². The van der Waals surface area contributed by atoms with Crippen LogP contribution in [0.25, 0.3) is 27.6 Å². The van der Waals surface area contributed by atoms with Gasteiger partial charge in [-0.25, -0.2) is 19.3 Å². The molecule has 184 valence electrons. The van der Waals surface area contributed by atoms with Gasteiger partial charge in [-0.05, 0) is 55.5 Å². The van der Waals surface area contributed by atoms with E-state index in [1.165, 1.54) is 36.0 Å². The van der Waals surface area contributed by atoms with E-state index in [9.17, 15) is 9.18 Å². The van der Waals surface area contributed by atoms with Crippen molar-refractivity contribution in [3.8, 4) is 0 Å². The number of thioether (sulfide) groups is 1. The number of aryl methyl sites for hydroxylation is 3. The number of carbonyl (C=O) groups excluding carboxylic acids is 1. The van der Waals surface area contributed by atoms with E-state index in [0.717, 1.165) is 27.8 Å². The Morgan fingerprint density at radius 1 is 0.946 bits per heavy atom. The summed E-state index contributed by atoms with van der Waals surface area (Å²) in [6, 6.07) is 21.5. The highest BCUT2D eigenvalue weighted by molar-refractivity contribution is 7.99. The predicted octanol–water partition coefficient (Wildman–Crippen LogP) is 5.05. The number of anilines is 1. The normalized spacial score (nSPS) is 11.5. The van der Waals surface area contributed by atoms with Gasteiger partial charge in [0.05, 0.1) is 22.3 Å². The number of benzene rings is 3. The molecule has 0 aliphatic carbocycles. The maximum absolute atomic E-state index is 13.1. The van der Waals surface area contributed by atoms with E-state index >= 15 is 0 Å². The third kappa shape index (κ3) is 4.63. The molecule has 0 atom stereocenters. The number of fused-ring (bicyclic) bond motifs is 4. The van der Waals surface area contributed by atoms with Crippen molar-refractivity contribution >= 4 is 50.9 Å². The predicted molar refractivity (Wildman–Crippen MR) is 142 cm³/mol. The molecule has 0 saturated carbocycles. The molecule has 3 aromatic carbocycles. The third-order valence-electron chi connectivity index (χ3n) is 6.06. The summed E-state index contributed by atoms with van der Waals surface area (Å²) in [7, 11) is 0. The number of amides is 1. The first-order valence-electron chi connectivity index (χ1n) is 11.8. The summed E-state index contributed by atoms with van der Waals surface area (Å²) >= 11 is 1.28. The molecule has 0 aliphatic rings. The van der Waals surface area contributed by atoms with Gasteiger partial charge in [0.1, 0.15) is 11.6 Å². The largest absolute Gasteiger partial charge is 0.328 e. The van der Waals surface area contributed by atoms with Crippen LogP contribution in [0.15, 0.2) is 78.0 Å². The number of nitrogens with zero attached hydrogens (tertiary/aromatic N) is 6. The van der Waals surface area contributed by atoms with Crippen LogP contribution in [0.1, 0.15) is 11.6 Å². The molecule has 0 radical (unpaired) electrons. The summed E-state index contributed by atoms with van der Waals surface area (Å²) in [5, 5.41) is 9.01. The topological polar surface area (TPSA) is 90.0 Å². The Hall–Kier alpha value is -4.31. The number of halogens is 1. The van der Waals surface area contributed by atoms with Crippen molar-refractivity contribution in [1.29, 1.82) is 0 Å². The van der Waals surface area contributed by atoms with Crippen molar-refractivity contribution in [2.24, 2.45) is 0 Å². The second-order valence-corrected chi connectivity index (χ2v) is 9.51. The summed E-state index contributed by atoms with van der Waals surface area (Å²) < 4.78 is 17.0. The number of para-hydroxylation sites is 3. The van der Waals surface area contributed by atoms with Gasteiger partial charge in [0, 0.05) is 24.0 Å². The van der Waals surface area contributed by atoms with Crippen LogP contribution in [-0.4, -0.2) is 40.8 Å². The lowest BCUT2D eigenvalue weighted by Crippen LogP contribution is -2.14. The fourth-order valence-corrected chi connectivity index (χ4v) is 5.07. The summed E-state index contributed by atoms with van der Waals surface area (Å²) in [5.74, 6) is 1.18. The first-order chi connectivity index (χ1) is 18.0. The van der Waals surface area contributed by atoms with Gasteiger partial charge in [-0.3, -0.25) is 4.79 Å². The number of hydrogen-bond donors (Lipinski definition) is 1. The van der Waals surface area contributed by atoms with Crippen molar-refractivity contribution in [3.63, 3.8) is 0 Å². The number of hydrogen-bond acceptors (Lipinski definition) is 6. The average Bonchev–Trinajstić information content (AvgIpc) is 3.48. The zero-order valence-electron chi connectivity index (χ0n) is 19.9. The molecule has 0 fully saturated rings. The average molecular weight is 512 g/mol. The molecule has 6 aromatic rings. The number of carbonyl (C=O) groups is 1. The Labute approximate surface area is 215 Å². The van der Waals surface area contributed by atoms with Gasteiger partial charge in [-0.2, -0.15) is 4.52 Å².